The Balaban J connectivity index is 1.84. The molecule has 4 rings (SSSR count). The van der Waals surface area contributed by atoms with Gasteiger partial charge in [-0.3, -0.25) is 23.7 Å². The van der Waals surface area contributed by atoms with E-state index in [1.54, 1.807) is 24.4 Å². The van der Waals surface area contributed by atoms with Gasteiger partial charge in [-0.25, -0.2) is 0 Å². The summed E-state index contributed by atoms with van der Waals surface area (Å²) < 4.78 is 7.48. The second kappa shape index (κ2) is 9.16. The Morgan fingerprint density at radius 1 is 1.24 bits per heavy atom. The maximum Gasteiger partial charge on any atom is 0.323 e. The van der Waals surface area contributed by atoms with Crippen molar-refractivity contribution in [1.29, 1.82) is 0 Å². The minimum absolute atomic E-state index is 0.0436. The molecule has 1 fully saturated rings. The van der Waals surface area contributed by atoms with Gasteiger partial charge in [-0.2, -0.15) is 4.98 Å². The summed E-state index contributed by atoms with van der Waals surface area (Å²) in [5.41, 5.74) is 1.98. The number of carboxylic acids is 1. The second-order valence-electron chi connectivity index (χ2n) is 7.28. The molecule has 2 aromatic heterocycles. The highest BCUT2D eigenvalue weighted by molar-refractivity contribution is 8.26. The van der Waals surface area contributed by atoms with Crippen LogP contribution in [-0.4, -0.2) is 42.1 Å². The van der Waals surface area contributed by atoms with Gasteiger partial charge in [-0.05, 0) is 48.7 Å². The second-order valence-corrected chi connectivity index (χ2v) is 8.96. The van der Waals surface area contributed by atoms with Gasteiger partial charge in [0, 0.05) is 6.20 Å². The predicted octanol–water partition coefficient (Wildman–Crippen LogP) is 3.64. The number of hydrogen-bond acceptors (Lipinski definition) is 7. The third-order valence-electron chi connectivity index (χ3n) is 5.04. The van der Waals surface area contributed by atoms with Crippen molar-refractivity contribution in [1.82, 2.24) is 14.3 Å². The topological polar surface area (TPSA) is 101 Å². The van der Waals surface area contributed by atoms with Crippen LogP contribution in [-0.2, 0) is 16.0 Å². The number of fused-ring (bicyclic) bond motifs is 1. The minimum atomic E-state index is -1.19. The van der Waals surface area contributed by atoms with Crippen molar-refractivity contribution in [2.24, 2.45) is 0 Å². The number of thioether (sulfide) groups is 1. The molecule has 1 saturated heterocycles. The van der Waals surface area contributed by atoms with Crippen LogP contribution in [0.25, 0.3) is 11.7 Å². The minimum Gasteiger partial charge on any atom is -0.480 e. The number of aromatic nitrogens is 2. The molecule has 1 aliphatic heterocycles. The highest BCUT2D eigenvalue weighted by atomic mass is 32.2. The van der Waals surface area contributed by atoms with Crippen LogP contribution in [0, 0.1) is 6.92 Å². The van der Waals surface area contributed by atoms with Crippen LogP contribution in [0.2, 0.25) is 0 Å². The van der Waals surface area contributed by atoms with Gasteiger partial charge < -0.3 is 9.84 Å². The monoisotopic (exact) mass is 481 g/mol. The average Bonchev–Trinajstić information content (AvgIpc) is 3.04. The standard InChI is InChI=1S/C23H19N3O5S2/c1-3-14-6-8-15(9-7-14)31-20-16(21(29)25-10-4-5-13(2)19(25)24-20)11-17-22(30)26(12-18(27)28)23(32)33-17/h4-11H,3,12H2,1-2H3,(H,27,28)/b17-11+. The molecule has 0 bridgehead atoms. The van der Waals surface area contributed by atoms with Gasteiger partial charge in [0.15, 0.2) is 0 Å². The molecule has 0 atom stereocenters. The summed E-state index contributed by atoms with van der Waals surface area (Å²) in [5, 5.41) is 9.05. The first-order valence-corrected chi connectivity index (χ1v) is 11.3. The van der Waals surface area contributed by atoms with Crippen LogP contribution >= 0.6 is 24.0 Å². The number of ether oxygens (including phenoxy) is 1. The lowest BCUT2D eigenvalue weighted by atomic mass is 10.2. The molecule has 10 heteroatoms. The average molecular weight is 482 g/mol. The zero-order chi connectivity index (χ0) is 23.7. The van der Waals surface area contributed by atoms with Crippen molar-refractivity contribution in [3.8, 4) is 11.6 Å². The van der Waals surface area contributed by atoms with Crippen molar-refractivity contribution in [2.75, 3.05) is 6.54 Å². The van der Waals surface area contributed by atoms with Gasteiger partial charge in [0.05, 0.1) is 4.91 Å². The fourth-order valence-electron chi connectivity index (χ4n) is 3.30. The largest absolute Gasteiger partial charge is 0.480 e. The molecule has 1 N–H and O–H groups in total. The van der Waals surface area contributed by atoms with E-state index in [4.69, 9.17) is 22.1 Å². The zero-order valence-corrected chi connectivity index (χ0v) is 19.4. The van der Waals surface area contributed by atoms with Crippen molar-refractivity contribution < 1.29 is 19.4 Å². The number of thiocarbonyl (C=S) groups is 1. The number of pyridine rings is 1. The first kappa shape index (κ1) is 22.7. The zero-order valence-electron chi connectivity index (χ0n) is 17.8. The molecule has 0 aliphatic carbocycles. The molecule has 0 radical (unpaired) electrons. The number of carbonyl (C=O) groups excluding carboxylic acids is 1. The van der Waals surface area contributed by atoms with Crippen LogP contribution in [0.4, 0.5) is 0 Å². The maximum absolute atomic E-state index is 13.4. The molecule has 0 spiro atoms. The van der Waals surface area contributed by atoms with Crippen LogP contribution < -0.4 is 10.3 Å². The molecule has 8 nitrogen and oxygen atoms in total. The van der Waals surface area contributed by atoms with Gasteiger partial charge in [-0.15, -0.1) is 0 Å². The number of carboxylic acid groups (broad SMARTS) is 1. The molecule has 33 heavy (non-hydrogen) atoms. The SMILES string of the molecule is CCc1ccc(Oc2nc3c(C)cccn3c(=O)c2/C=C2/SC(=S)N(CC(=O)O)C2=O)cc1. The van der Waals surface area contributed by atoms with E-state index in [0.717, 1.165) is 34.2 Å². The summed E-state index contributed by atoms with van der Waals surface area (Å²) in [6.45, 7) is 3.32. The normalized spacial score (nSPS) is 15.0. The fourth-order valence-corrected chi connectivity index (χ4v) is 4.54. The van der Waals surface area contributed by atoms with E-state index >= 15 is 0 Å². The summed E-state index contributed by atoms with van der Waals surface area (Å²) in [6.07, 6.45) is 3.82. The number of aliphatic carboxylic acids is 1. The van der Waals surface area contributed by atoms with Crippen molar-refractivity contribution in [3.63, 3.8) is 0 Å². The van der Waals surface area contributed by atoms with Gasteiger partial charge in [0.2, 0.25) is 5.88 Å². The van der Waals surface area contributed by atoms with Crippen LogP contribution in [0.5, 0.6) is 11.6 Å². The number of carbonyl (C=O) groups is 2. The maximum atomic E-state index is 13.4. The van der Waals surface area contributed by atoms with E-state index < -0.39 is 24.0 Å². The molecule has 1 aromatic carbocycles. The number of benzene rings is 1. The summed E-state index contributed by atoms with van der Waals surface area (Å²) in [6, 6.07) is 11.0. The fraction of sp³-hybridized carbons (Fsp3) is 0.174. The van der Waals surface area contributed by atoms with Crippen LogP contribution in [0.1, 0.15) is 23.6 Å². The van der Waals surface area contributed by atoms with Crippen LogP contribution in [0.3, 0.4) is 0 Å². The number of rotatable bonds is 6. The van der Waals surface area contributed by atoms with E-state index in [1.807, 2.05) is 32.0 Å². The van der Waals surface area contributed by atoms with E-state index in [-0.39, 0.29) is 20.7 Å². The van der Waals surface area contributed by atoms with Crippen molar-refractivity contribution in [3.05, 3.63) is 74.5 Å². The van der Waals surface area contributed by atoms with Gasteiger partial charge in [0.1, 0.15) is 27.8 Å². The molecular weight excluding hydrogens is 462 g/mol. The Morgan fingerprint density at radius 2 is 1.97 bits per heavy atom. The Labute approximate surface area is 198 Å². The Hall–Kier alpha value is -3.50. The van der Waals surface area contributed by atoms with Gasteiger partial charge in [0.25, 0.3) is 11.5 Å². The number of amides is 1. The Bertz CT molecular complexity index is 1380. The molecule has 168 valence electrons. The van der Waals surface area contributed by atoms with Gasteiger partial charge >= 0.3 is 5.97 Å². The summed E-state index contributed by atoms with van der Waals surface area (Å²) in [7, 11) is 0. The third-order valence-corrected chi connectivity index (χ3v) is 6.42. The molecule has 0 unspecified atom stereocenters. The molecule has 0 saturated carbocycles. The number of aryl methyl sites for hydroxylation is 2. The summed E-state index contributed by atoms with van der Waals surface area (Å²) in [5.74, 6) is -1.23. The lowest BCUT2D eigenvalue weighted by Gasteiger charge is -2.12. The van der Waals surface area contributed by atoms with Crippen molar-refractivity contribution >= 4 is 51.9 Å². The lowest BCUT2D eigenvalue weighted by molar-refractivity contribution is -0.140. The number of hydrogen-bond donors (Lipinski definition) is 1. The molecule has 3 heterocycles. The molecular formula is C23H19N3O5S2. The Morgan fingerprint density at radius 3 is 2.64 bits per heavy atom. The Kier molecular flexibility index (Phi) is 6.30. The molecule has 1 amide bonds. The molecule has 3 aromatic rings. The van der Waals surface area contributed by atoms with E-state index in [0.29, 0.717) is 11.4 Å². The van der Waals surface area contributed by atoms with Gasteiger partial charge in [-0.1, -0.05) is 49.1 Å². The highest BCUT2D eigenvalue weighted by Gasteiger charge is 2.34. The number of nitrogens with zero attached hydrogens (tertiary/aromatic N) is 3. The first-order valence-electron chi connectivity index (χ1n) is 10.0. The highest BCUT2D eigenvalue weighted by Crippen LogP contribution is 2.34. The van der Waals surface area contributed by atoms with E-state index in [9.17, 15) is 14.4 Å². The van der Waals surface area contributed by atoms with Crippen molar-refractivity contribution in [2.45, 2.75) is 20.3 Å². The smallest absolute Gasteiger partial charge is 0.323 e. The lowest BCUT2D eigenvalue weighted by Crippen LogP contribution is -2.33. The van der Waals surface area contributed by atoms with E-state index in [2.05, 4.69) is 4.98 Å². The quantitative estimate of drug-likeness (QED) is 0.421. The summed E-state index contributed by atoms with van der Waals surface area (Å²) >= 11 is 6.08. The third kappa shape index (κ3) is 4.53. The predicted molar refractivity (Wildman–Crippen MR) is 130 cm³/mol. The summed E-state index contributed by atoms with van der Waals surface area (Å²) in [4.78, 5) is 42.9. The van der Waals surface area contributed by atoms with E-state index in [1.165, 1.54) is 10.5 Å². The van der Waals surface area contributed by atoms with Crippen LogP contribution in [0.15, 0.2) is 52.3 Å². The molecule has 1 aliphatic rings. The first-order chi connectivity index (χ1) is 15.8.